The average Bonchev–Trinajstić information content (AvgIpc) is 3.67. The Hall–Kier alpha value is -2.29. The van der Waals surface area contributed by atoms with Gasteiger partial charge in [-0.3, -0.25) is 25.1 Å². The highest BCUT2D eigenvalue weighted by atomic mass is 79.9. The molecule has 0 saturated carbocycles. The van der Waals surface area contributed by atoms with Crippen LogP contribution in [0.15, 0.2) is 51.8 Å². The second-order valence-corrected chi connectivity index (χ2v) is 13.5. The molecule has 208 valence electrons. The van der Waals surface area contributed by atoms with Crippen molar-refractivity contribution in [2.24, 2.45) is 25.7 Å². The second kappa shape index (κ2) is 11.3. The molecule has 6 heterocycles. The Balaban J connectivity index is 0.000000163. The highest BCUT2D eigenvalue weighted by molar-refractivity contribution is 9.10. The number of guanidine groups is 2. The minimum Gasteiger partial charge on any atom is -0.450 e. The molecule has 0 radical (unpaired) electrons. The lowest BCUT2D eigenvalue weighted by atomic mass is 9.94. The molecule has 10 nitrogen and oxygen atoms in total. The fourth-order valence-corrected chi connectivity index (χ4v) is 7.97. The SMILES string of the molecule is CCOC(=O)NC1=N[C@](C)(c2cc(Br)cs2)CC2=NCCN21.C[C@@]1(c2cc(Br)cs2)CC2=NCCN2C(N)=N1. The smallest absolute Gasteiger partial charge is 0.413 e. The summed E-state index contributed by atoms with van der Waals surface area (Å²) >= 11 is 10.3. The molecule has 0 unspecified atom stereocenters. The number of fused-ring (bicyclic) bond motifs is 2. The van der Waals surface area contributed by atoms with Gasteiger partial charge < -0.3 is 10.5 Å². The van der Waals surface area contributed by atoms with Gasteiger partial charge in [0.15, 0.2) is 5.96 Å². The van der Waals surface area contributed by atoms with Crippen molar-refractivity contribution in [1.29, 1.82) is 0 Å². The van der Waals surface area contributed by atoms with Gasteiger partial charge in [-0.2, -0.15) is 0 Å². The number of hydrogen-bond donors (Lipinski definition) is 2. The maximum Gasteiger partial charge on any atom is 0.413 e. The van der Waals surface area contributed by atoms with E-state index in [9.17, 15) is 4.79 Å². The van der Waals surface area contributed by atoms with Crippen LogP contribution in [0.5, 0.6) is 0 Å². The van der Waals surface area contributed by atoms with E-state index in [2.05, 4.69) is 83.5 Å². The summed E-state index contributed by atoms with van der Waals surface area (Å²) in [6.07, 6.45) is 1.08. The fourth-order valence-electron chi connectivity index (χ4n) is 4.90. The van der Waals surface area contributed by atoms with Crippen molar-refractivity contribution in [3.8, 4) is 0 Å². The first-order valence-corrected chi connectivity index (χ1v) is 15.9. The molecule has 0 fully saturated rings. The number of aliphatic imine (C=N–C) groups is 4. The molecular formula is C25H30Br2N8O2S2. The van der Waals surface area contributed by atoms with Gasteiger partial charge in [0.2, 0.25) is 5.96 Å². The lowest BCUT2D eigenvalue weighted by molar-refractivity contribution is 0.156. The van der Waals surface area contributed by atoms with Crippen molar-refractivity contribution < 1.29 is 9.53 Å². The van der Waals surface area contributed by atoms with Gasteiger partial charge in [0.25, 0.3) is 0 Å². The maximum atomic E-state index is 11.8. The normalized spacial score (nSPS) is 25.5. The van der Waals surface area contributed by atoms with E-state index in [4.69, 9.17) is 15.5 Å². The van der Waals surface area contributed by atoms with Crippen LogP contribution in [0.3, 0.4) is 0 Å². The molecule has 2 aromatic rings. The summed E-state index contributed by atoms with van der Waals surface area (Å²) in [7, 11) is 0. The molecule has 3 N–H and O–H groups in total. The molecule has 4 aliphatic rings. The topological polar surface area (TPSA) is 120 Å². The van der Waals surface area contributed by atoms with Crippen LogP contribution in [0.25, 0.3) is 0 Å². The summed E-state index contributed by atoms with van der Waals surface area (Å²) in [5.74, 6) is 3.16. The zero-order valence-electron chi connectivity index (χ0n) is 21.9. The summed E-state index contributed by atoms with van der Waals surface area (Å²) in [4.78, 5) is 36.6. The van der Waals surface area contributed by atoms with Crippen LogP contribution >= 0.6 is 54.5 Å². The van der Waals surface area contributed by atoms with Gasteiger partial charge in [0.1, 0.15) is 22.7 Å². The zero-order valence-corrected chi connectivity index (χ0v) is 26.7. The number of carbonyl (C=O) groups is 1. The highest BCUT2D eigenvalue weighted by Crippen LogP contribution is 2.40. The van der Waals surface area contributed by atoms with Gasteiger partial charge in [0, 0.05) is 55.4 Å². The van der Waals surface area contributed by atoms with Crippen LogP contribution in [0.1, 0.15) is 43.4 Å². The first-order chi connectivity index (χ1) is 18.6. The number of thiophene rings is 2. The van der Waals surface area contributed by atoms with Crippen LogP contribution in [0.2, 0.25) is 0 Å². The number of hydrogen-bond acceptors (Lipinski definition) is 11. The van der Waals surface area contributed by atoms with Gasteiger partial charge in [-0.05, 0) is 64.8 Å². The summed E-state index contributed by atoms with van der Waals surface area (Å²) in [5.41, 5.74) is 5.34. The number of alkyl carbamates (subject to hydrolysis) is 1. The number of nitrogens with one attached hydrogen (secondary N) is 1. The van der Waals surface area contributed by atoms with Crippen molar-refractivity contribution in [2.45, 2.75) is 44.7 Å². The summed E-state index contributed by atoms with van der Waals surface area (Å²) in [6, 6.07) is 4.19. The van der Waals surface area contributed by atoms with E-state index >= 15 is 0 Å². The van der Waals surface area contributed by atoms with Crippen molar-refractivity contribution >= 4 is 84.2 Å². The third-order valence-corrected chi connectivity index (χ3v) is 10.7. The molecule has 39 heavy (non-hydrogen) atoms. The molecule has 0 aromatic carbocycles. The van der Waals surface area contributed by atoms with Crippen LogP contribution < -0.4 is 11.1 Å². The Morgan fingerprint density at radius 1 is 1.00 bits per heavy atom. The molecule has 2 atom stereocenters. The number of amidine groups is 2. The fraction of sp³-hybridized carbons (Fsp3) is 0.480. The van der Waals surface area contributed by atoms with Crippen molar-refractivity contribution in [3.05, 3.63) is 41.6 Å². The summed E-state index contributed by atoms with van der Waals surface area (Å²) in [6.45, 7) is 9.46. The number of ether oxygens (including phenoxy) is 1. The van der Waals surface area contributed by atoms with Gasteiger partial charge in [-0.1, -0.05) is 0 Å². The monoisotopic (exact) mass is 696 g/mol. The predicted molar refractivity (Wildman–Crippen MR) is 165 cm³/mol. The number of amides is 1. The van der Waals surface area contributed by atoms with Gasteiger partial charge in [0.05, 0.1) is 19.7 Å². The van der Waals surface area contributed by atoms with Crippen LogP contribution in [0, 0.1) is 0 Å². The zero-order chi connectivity index (χ0) is 27.8. The molecule has 1 amide bonds. The second-order valence-electron chi connectivity index (χ2n) is 9.81. The Morgan fingerprint density at radius 3 is 2.08 bits per heavy atom. The summed E-state index contributed by atoms with van der Waals surface area (Å²) in [5, 5.41) is 6.87. The molecule has 0 bridgehead atoms. The average molecular weight is 699 g/mol. The lowest BCUT2D eigenvalue weighted by Gasteiger charge is -2.35. The standard InChI is InChI=1S/C14H17BrN4O2S.C11H13BrN4S/c1-3-21-13(20)17-12-18-14(2,10-6-9(15)8-22-10)7-11-16-4-5-19(11)12;1-11(8-4-7(12)6-17-8)5-9-14-2-3-16(9)10(13)15-11/h6,8H,3-5,7H2,1-2H3,(H,17,18,20);4,6H,2-3,5H2,1H3,(H2,13,15)/t14-;11-/m00/s1. The molecular weight excluding hydrogens is 668 g/mol. The Kier molecular flexibility index (Phi) is 8.18. The van der Waals surface area contributed by atoms with Crippen LogP contribution in [-0.4, -0.2) is 72.3 Å². The van der Waals surface area contributed by atoms with E-state index < -0.39 is 11.6 Å². The maximum absolute atomic E-state index is 11.8. The largest absolute Gasteiger partial charge is 0.450 e. The van der Waals surface area contributed by atoms with E-state index in [0.29, 0.717) is 18.5 Å². The van der Waals surface area contributed by atoms with E-state index in [1.807, 2.05) is 15.2 Å². The quantitative estimate of drug-likeness (QED) is 0.463. The molecule has 6 rings (SSSR count). The van der Waals surface area contributed by atoms with Crippen molar-refractivity contribution in [1.82, 2.24) is 15.1 Å². The highest BCUT2D eigenvalue weighted by Gasteiger charge is 2.40. The predicted octanol–water partition coefficient (Wildman–Crippen LogP) is 5.10. The number of nitrogens with two attached hydrogens (primary N) is 1. The molecule has 14 heteroatoms. The Bertz CT molecular complexity index is 1390. The van der Waals surface area contributed by atoms with Crippen molar-refractivity contribution in [2.75, 3.05) is 32.8 Å². The van der Waals surface area contributed by atoms with Gasteiger partial charge >= 0.3 is 6.09 Å². The number of rotatable bonds is 3. The Morgan fingerprint density at radius 2 is 1.54 bits per heavy atom. The van der Waals surface area contributed by atoms with Crippen molar-refractivity contribution in [3.63, 3.8) is 0 Å². The number of carbonyl (C=O) groups excluding carboxylic acids is 1. The van der Waals surface area contributed by atoms with E-state index in [-0.39, 0.29) is 5.54 Å². The molecule has 4 aliphatic heterocycles. The van der Waals surface area contributed by atoms with E-state index in [1.54, 1.807) is 29.6 Å². The summed E-state index contributed by atoms with van der Waals surface area (Å²) < 4.78 is 7.11. The molecule has 0 aliphatic carbocycles. The van der Waals surface area contributed by atoms with Gasteiger partial charge in [-0.15, -0.1) is 22.7 Å². The molecule has 2 aromatic heterocycles. The minimum absolute atomic E-state index is 0.263. The van der Waals surface area contributed by atoms with Gasteiger partial charge in [-0.25, -0.2) is 14.8 Å². The first-order valence-electron chi connectivity index (χ1n) is 12.6. The van der Waals surface area contributed by atoms with Crippen LogP contribution in [-0.2, 0) is 15.8 Å². The van der Waals surface area contributed by atoms with E-state index in [1.165, 1.54) is 4.88 Å². The Labute approximate surface area is 252 Å². The van der Waals surface area contributed by atoms with E-state index in [0.717, 1.165) is 64.5 Å². The number of halogens is 2. The third kappa shape index (κ3) is 5.93. The first kappa shape index (κ1) is 28.2. The van der Waals surface area contributed by atoms with Crippen LogP contribution in [0.4, 0.5) is 4.79 Å². The molecule has 0 saturated heterocycles. The lowest BCUT2D eigenvalue weighted by Crippen LogP contribution is -2.51. The third-order valence-electron chi connectivity index (χ3n) is 6.80. The minimum atomic E-state index is -0.482. The number of nitrogens with zero attached hydrogens (tertiary/aromatic N) is 6. The molecule has 0 spiro atoms.